The monoisotopic (exact) mass is 340 g/mol. The van der Waals surface area contributed by atoms with Gasteiger partial charge in [-0.2, -0.15) is 0 Å². The largest absolute Gasteiger partial charge is 0.478 e. The van der Waals surface area contributed by atoms with Crippen LogP contribution < -0.4 is 0 Å². The van der Waals surface area contributed by atoms with Gasteiger partial charge in [0, 0.05) is 6.08 Å². The van der Waals surface area contributed by atoms with E-state index in [1.807, 2.05) is 0 Å². The summed E-state index contributed by atoms with van der Waals surface area (Å²) in [6.07, 6.45) is 14.3. The van der Waals surface area contributed by atoms with Crippen LogP contribution in [-0.2, 0) is 4.79 Å². The van der Waals surface area contributed by atoms with Gasteiger partial charge in [0.2, 0.25) is 0 Å². The average molecular weight is 341 g/mol. The molecule has 1 aliphatic rings. The summed E-state index contributed by atoms with van der Waals surface area (Å²) in [5.41, 5.74) is 0. The molecule has 0 aromatic rings. The molecule has 1 saturated carbocycles. The number of aliphatic hydroxyl groups is 2. The van der Waals surface area contributed by atoms with Gasteiger partial charge in [-0.05, 0) is 43.9 Å². The predicted octanol–water partition coefficient (Wildman–Crippen LogP) is 4.30. The van der Waals surface area contributed by atoms with E-state index in [0.29, 0.717) is 18.8 Å². The van der Waals surface area contributed by atoms with Crippen molar-refractivity contribution in [2.24, 2.45) is 11.8 Å². The summed E-state index contributed by atoms with van der Waals surface area (Å²) in [6, 6.07) is 0. The summed E-state index contributed by atoms with van der Waals surface area (Å²) in [4.78, 5) is 10.4. The second-order valence-electron chi connectivity index (χ2n) is 7.33. The van der Waals surface area contributed by atoms with Gasteiger partial charge < -0.3 is 15.3 Å². The quantitative estimate of drug-likeness (QED) is 0.345. The number of hydrogen-bond donors (Lipinski definition) is 3. The van der Waals surface area contributed by atoms with Gasteiger partial charge in [-0.15, -0.1) is 0 Å². The molecule has 4 heteroatoms. The molecule has 0 bridgehead atoms. The Labute approximate surface area is 147 Å². The third-order valence-electron chi connectivity index (χ3n) is 5.40. The van der Waals surface area contributed by atoms with Crippen LogP contribution in [0.3, 0.4) is 0 Å². The number of carbonyl (C=O) groups is 1. The number of rotatable bonds is 13. The van der Waals surface area contributed by atoms with E-state index in [1.165, 1.54) is 31.8 Å². The van der Waals surface area contributed by atoms with Crippen LogP contribution in [0.15, 0.2) is 12.2 Å². The minimum atomic E-state index is -0.870. The van der Waals surface area contributed by atoms with Crippen molar-refractivity contribution < 1.29 is 20.1 Å². The minimum absolute atomic E-state index is 0.564. The molecule has 4 atom stereocenters. The van der Waals surface area contributed by atoms with E-state index in [2.05, 4.69) is 6.92 Å². The second-order valence-corrected chi connectivity index (χ2v) is 7.33. The van der Waals surface area contributed by atoms with Crippen LogP contribution >= 0.6 is 0 Å². The van der Waals surface area contributed by atoms with E-state index in [9.17, 15) is 15.0 Å². The molecule has 0 spiro atoms. The van der Waals surface area contributed by atoms with Crippen molar-refractivity contribution in [3.05, 3.63) is 12.2 Å². The fourth-order valence-electron chi connectivity index (χ4n) is 3.91. The van der Waals surface area contributed by atoms with Crippen LogP contribution in [0.4, 0.5) is 0 Å². The molecule has 0 saturated heterocycles. The molecule has 1 rings (SSSR count). The molecule has 1 fully saturated rings. The van der Waals surface area contributed by atoms with Crippen molar-refractivity contribution in [3.8, 4) is 0 Å². The summed E-state index contributed by atoms with van der Waals surface area (Å²) in [5, 5.41) is 28.6. The first-order valence-electron chi connectivity index (χ1n) is 9.80. The Morgan fingerprint density at radius 3 is 2.38 bits per heavy atom. The molecule has 2 unspecified atom stereocenters. The lowest BCUT2D eigenvalue weighted by molar-refractivity contribution is -0.131. The number of aliphatic hydroxyl groups excluding tert-OH is 2. The summed E-state index contributed by atoms with van der Waals surface area (Å²) < 4.78 is 0. The maximum Gasteiger partial charge on any atom is 0.327 e. The fraction of sp³-hybridized carbons (Fsp3) is 0.850. The van der Waals surface area contributed by atoms with Crippen molar-refractivity contribution in [1.29, 1.82) is 0 Å². The van der Waals surface area contributed by atoms with Crippen molar-refractivity contribution in [2.75, 3.05) is 0 Å². The van der Waals surface area contributed by atoms with Crippen molar-refractivity contribution in [2.45, 2.75) is 96.2 Å². The Morgan fingerprint density at radius 2 is 1.71 bits per heavy atom. The van der Waals surface area contributed by atoms with Gasteiger partial charge in [-0.3, -0.25) is 0 Å². The van der Waals surface area contributed by atoms with Gasteiger partial charge in [0.25, 0.3) is 0 Å². The first-order valence-corrected chi connectivity index (χ1v) is 9.80. The van der Waals surface area contributed by atoms with E-state index in [-0.39, 0.29) is 0 Å². The number of aliphatic carboxylic acids is 1. The molecule has 0 heterocycles. The van der Waals surface area contributed by atoms with E-state index in [1.54, 1.807) is 6.08 Å². The number of unbranched alkanes of at least 4 members (excludes halogenated alkanes) is 3. The Kier molecular flexibility index (Phi) is 11.0. The molecule has 24 heavy (non-hydrogen) atoms. The van der Waals surface area contributed by atoms with Gasteiger partial charge >= 0.3 is 5.97 Å². The van der Waals surface area contributed by atoms with Crippen LogP contribution in [0.1, 0.15) is 84.0 Å². The molecular weight excluding hydrogens is 304 g/mol. The summed E-state index contributed by atoms with van der Waals surface area (Å²) >= 11 is 0. The highest BCUT2D eigenvalue weighted by Gasteiger charge is 2.27. The molecule has 0 aromatic carbocycles. The molecular formula is C20H36O4. The molecule has 3 N–H and O–H groups in total. The molecule has 0 aromatic heterocycles. The lowest BCUT2D eigenvalue weighted by atomic mass is 9.86. The van der Waals surface area contributed by atoms with Crippen molar-refractivity contribution in [3.63, 3.8) is 0 Å². The van der Waals surface area contributed by atoms with Crippen LogP contribution in [0, 0.1) is 11.8 Å². The topological polar surface area (TPSA) is 77.8 Å². The van der Waals surface area contributed by atoms with Gasteiger partial charge in [0.05, 0.1) is 12.2 Å². The minimum Gasteiger partial charge on any atom is -0.478 e. The smallest absolute Gasteiger partial charge is 0.327 e. The highest BCUT2D eigenvalue weighted by Crippen LogP contribution is 2.38. The van der Waals surface area contributed by atoms with E-state index >= 15 is 0 Å². The predicted molar refractivity (Wildman–Crippen MR) is 96.8 cm³/mol. The molecule has 1 aliphatic carbocycles. The van der Waals surface area contributed by atoms with Gasteiger partial charge in [0.15, 0.2) is 0 Å². The highest BCUT2D eigenvalue weighted by molar-refractivity contribution is 5.79. The summed E-state index contributed by atoms with van der Waals surface area (Å²) in [7, 11) is 0. The number of allylic oxidation sites excluding steroid dienone is 1. The molecule has 140 valence electrons. The zero-order valence-corrected chi connectivity index (χ0v) is 15.2. The number of hydrogen-bond acceptors (Lipinski definition) is 3. The molecule has 4 nitrogen and oxygen atoms in total. The second kappa shape index (κ2) is 12.5. The number of carboxylic acids is 1. The third kappa shape index (κ3) is 8.84. The molecule has 0 radical (unpaired) electrons. The Hall–Kier alpha value is -0.870. The lowest BCUT2D eigenvalue weighted by Crippen LogP contribution is -2.26. The van der Waals surface area contributed by atoms with Gasteiger partial charge in [-0.25, -0.2) is 4.79 Å². The number of carboxylic acid groups (broad SMARTS) is 1. The maximum absolute atomic E-state index is 10.4. The van der Waals surface area contributed by atoms with Crippen molar-refractivity contribution in [1.82, 2.24) is 0 Å². The Morgan fingerprint density at radius 1 is 1.04 bits per heavy atom. The fourth-order valence-corrected chi connectivity index (χ4v) is 3.91. The first kappa shape index (κ1) is 21.2. The Bertz CT molecular complexity index is 367. The van der Waals surface area contributed by atoms with Crippen LogP contribution in [0.25, 0.3) is 0 Å². The van der Waals surface area contributed by atoms with E-state index in [4.69, 9.17) is 5.11 Å². The first-order chi connectivity index (χ1) is 11.5. The van der Waals surface area contributed by atoms with Crippen LogP contribution in [0.5, 0.6) is 0 Å². The van der Waals surface area contributed by atoms with E-state index < -0.39 is 18.2 Å². The summed E-state index contributed by atoms with van der Waals surface area (Å²) in [5.74, 6) is 0.562. The van der Waals surface area contributed by atoms with Gasteiger partial charge in [0.1, 0.15) is 0 Å². The van der Waals surface area contributed by atoms with E-state index in [0.717, 1.165) is 44.4 Å². The normalized spacial score (nSPS) is 23.6. The van der Waals surface area contributed by atoms with Crippen molar-refractivity contribution >= 4 is 5.97 Å². The molecule has 0 amide bonds. The molecule has 0 aliphatic heterocycles. The Balaban J connectivity index is 2.19. The lowest BCUT2D eigenvalue weighted by Gasteiger charge is -2.23. The summed E-state index contributed by atoms with van der Waals surface area (Å²) in [6.45, 7) is 2.10. The third-order valence-corrected chi connectivity index (χ3v) is 5.40. The van der Waals surface area contributed by atoms with Gasteiger partial charge in [-0.1, -0.05) is 57.9 Å². The standard InChI is InChI=1S/C20H36O4/c1-2-3-12-18(21)19(22)15-14-17-11-8-10-16(17)9-6-4-5-7-13-20(23)24/h7,13,16-19,21-22H,2-6,8-12,14-15H2,1H3,(H,23,24)/t16-,17+,18?,19?/m0/s1. The van der Waals surface area contributed by atoms with Crippen LogP contribution in [0.2, 0.25) is 0 Å². The zero-order chi connectivity index (χ0) is 17.8. The maximum atomic E-state index is 10.4. The SMILES string of the molecule is CCCCC(O)C(O)CC[C@H]1CCC[C@@H]1CCCCC=CC(=O)O. The highest BCUT2D eigenvalue weighted by atomic mass is 16.4. The average Bonchev–Trinajstić information content (AvgIpc) is 3.00. The zero-order valence-electron chi connectivity index (χ0n) is 15.2. The van der Waals surface area contributed by atoms with Crippen LogP contribution in [-0.4, -0.2) is 33.5 Å².